The van der Waals surface area contributed by atoms with E-state index in [1.165, 1.54) is 116 Å². The second kappa shape index (κ2) is 25.6. The third-order valence-electron chi connectivity index (χ3n) is 6.65. The van der Waals surface area contributed by atoms with Crippen LogP contribution in [0.2, 0.25) is 0 Å². The summed E-state index contributed by atoms with van der Waals surface area (Å²) >= 11 is 0. The minimum atomic E-state index is -0.457. The number of carbonyl (C=O) groups excluding carboxylic acids is 2. The summed E-state index contributed by atoms with van der Waals surface area (Å²) < 4.78 is 0. The van der Waals surface area contributed by atoms with Gasteiger partial charge in [0, 0.05) is 6.42 Å². The van der Waals surface area contributed by atoms with Crippen LogP contribution in [0.15, 0.2) is 0 Å². The van der Waals surface area contributed by atoms with Gasteiger partial charge in [-0.2, -0.15) is 0 Å². The van der Waals surface area contributed by atoms with Gasteiger partial charge >= 0.3 is 0 Å². The molecule has 0 N–H and O–H groups in total. The molecule has 0 saturated carbocycles. The fourth-order valence-corrected chi connectivity index (χ4v) is 4.44. The quantitative estimate of drug-likeness (QED) is 0.100. The Bertz CT molecular complexity index is 377. The second-order valence-electron chi connectivity index (χ2n) is 9.75. The van der Waals surface area contributed by atoms with Gasteiger partial charge in [-0.3, -0.25) is 9.59 Å². The number of carbonyl (C=O) groups is 1. The lowest BCUT2D eigenvalue weighted by molar-refractivity contribution is -0.121. The highest BCUT2D eigenvalue weighted by molar-refractivity contribution is 5.93. The molecule has 0 spiro atoms. The molecule has 0 fully saturated rings. The molecule has 31 heavy (non-hydrogen) atoms. The van der Waals surface area contributed by atoms with Crippen molar-refractivity contribution in [2.45, 2.75) is 168 Å². The molecule has 0 aliphatic rings. The summed E-state index contributed by atoms with van der Waals surface area (Å²) in [5.74, 6) is -0.320. The first-order chi connectivity index (χ1) is 15.3. The Kier molecular flexibility index (Phi) is 25.1. The molecule has 2 heteroatoms. The van der Waals surface area contributed by atoms with Gasteiger partial charge in [0.2, 0.25) is 6.29 Å². The highest BCUT2D eigenvalue weighted by Gasteiger charge is 2.17. The molecule has 0 aliphatic heterocycles. The molecule has 2 nitrogen and oxygen atoms in total. The van der Waals surface area contributed by atoms with E-state index in [1.54, 1.807) is 0 Å². The van der Waals surface area contributed by atoms with Crippen molar-refractivity contribution in [2.75, 3.05) is 0 Å². The average Bonchev–Trinajstić information content (AvgIpc) is 2.78. The minimum absolute atomic E-state index is 0.137. The van der Waals surface area contributed by atoms with E-state index in [4.69, 9.17) is 0 Å². The first kappa shape index (κ1) is 30.3. The summed E-state index contributed by atoms with van der Waals surface area (Å²) in [7, 11) is 0. The van der Waals surface area contributed by atoms with Crippen molar-refractivity contribution in [1.82, 2.24) is 0 Å². The number of Topliss-reactive ketones (excluding diaryl/α,β-unsaturated/α-hetero) is 1. The van der Waals surface area contributed by atoms with Crippen molar-refractivity contribution in [3.63, 3.8) is 0 Å². The Morgan fingerprint density at radius 3 is 1.19 bits per heavy atom. The Morgan fingerprint density at radius 1 is 0.516 bits per heavy atom. The first-order valence-corrected chi connectivity index (χ1v) is 14.2. The van der Waals surface area contributed by atoms with Crippen molar-refractivity contribution in [3.05, 3.63) is 0 Å². The maximum absolute atomic E-state index is 12.3. The zero-order valence-corrected chi connectivity index (χ0v) is 21.4. The SMILES string of the molecule is CCCCCCCCCCCCCCC([C]=O)C(=O)CCCCCCCCCCCC. The van der Waals surface area contributed by atoms with E-state index < -0.39 is 5.92 Å². The van der Waals surface area contributed by atoms with Gasteiger partial charge < -0.3 is 0 Å². The summed E-state index contributed by atoms with van der Waals surface area (Å²) in [5, 5.41) is 0. The molecule has 0 saturated heterocycles. The van der Waals surface area contributed by atoms with Gasteiger partial charge in [-0.1, -0.05) is 149 Å². The van der Waals surface area contributed by atoms with E-state index in [0.29, 0.717) is 6.42 Å². The molecule has 0 rings (SSSR count). The summed E-state index contributed by atoms with van der Waals surface area (Å²) in [6.07, 6.45) is 31.8. The van der Waals surface area contributed by atoms with Crippen LogP contribution in [0.25, 0.3) is 0 Å². The molecule has 0 aromatic heterocycles. The van der Waals surface area contributed by atoms with E-state index in [2.05, 4.69) is 13.8 Å². The molecular formula is C29H55O2. The molecule has 1 unspecified atom stereocenters. The van der Waals surface area contributed by atoms with Gasteiger partial charge in [-0.05, 0) is 12.8 Å². The third-order valence-corrected chi connectivity index (χ3v) is 6.65. The number of rotatable bonds is 26. The Balaban J connectivity index is 3.46. The fraction of sp³-hybridized carbons (Fsp3) is 0.931. The number of ketones is 1. The van der Waals surface area contributed by atoms with E-state index in [1.807, 2.05) is 6.29 Å². The summed E-state index contributed by atoms with van der Waals surface area (Å²) in [6.45, 7) is 4.52. The zero-order valence-electron chi connectivity index (χ0n) is 21.4. The van der Waals surface area contributed by atoms with Crippen LogP contribution < -0.4 is 0 Å². The first-order valence-electron chi connectivity index (χ1n) is 14.2. The average molecular weight is 436 g/mol. The smallest absolute Gasteiger partial charge is 0.209 e. The van der Waals surface area contributed by atoms with Crippen LogP contribution in [0.1, 0.15) is 168 Å². The van der Waals surface area contributed by atoms with E-state index in [0.717, 1.165) is 32.1 Å². The lowest BCUT2D eigenvalue weighted by Gasteiger charge is -2.09. The lowest BCUT2D eigenvalue weighted by atomic mass is 9.94. The highest BCUT2D eigenvalue weighted by Crippen LogP contribution is 2.17. The van der Waals surface area contributed by atoms with Gasteiger partial charge in [-0.15, -0.1) is 0 Å². The minimum Gasteiger partial charge on any atom is -0.299 e. The molecule has 183 valence electrons. The lowest BCUT2D eigenvalue weighted by Crippen LogP contribution is -2.15. The van der Waals surface area contributed by atoms with Crippen LogP contribution in [0.5, 0.6) is 0 Å². The van der Waals surface area contributed by atoms with Crippen molar-refractivity contribution < 1.29 is 9.59 Å². The molecule has 0 aromatic carbocycles. The van der Waals surface area contributed by atoms with Gasteiger partial charge in [0.25, 0.3) is 0 Å². The topological polar surface area (TPSA) is 34.1 Å². The van der Waals surface area contributed by atoms with E-state index >= 15 is 0 Å². The van der Waals surface area contributed by atoms with Crippen LogP contribution in [0.4, 0.5) is 0 Å². The van der Waals surface area contributed by atoms with Gasteiger partial charge in [0.05, 0.1) is 5.92 Å². The highest BCUT2D eigenvalue weighted by atomic mass is 16.1. The monoisotopic (exact) mass is 435 g/mol. The Labute approximate surface area is 195 Å². The molecule has 0 amide bonds. The molecule has 1 atom stereocenters. The van der Waals surface area contributed by atoms with Gasteiger partial charge in [-0.25, -0.2) is 0 Å². The molecule has 0 aliphatic carbocycles. The molecule has 0 aromatic rings. The Hall–Kier alpha value is -0.660. The maximum Gasteiger partial charge on any atom is 0.209 e. The van der Waals surface area contributed by atoms with Crippen molar-refractivity contribution in [2.24, 2.45) is 5.92 Å². The van der Waals surface area contributed by atoms with Gasteiger partial charge in [0.15, 0.2) is 0 Å². The van der Waals surface area contributed by atoms with Crippen LogP contribution >= 0.6 is 0 Å². The predicted octanol–water partition coefficient (Wildman–Crippen LogP) is 9.68. The van der Waals surface area contributed by atoms with Crippen LogP contribution in [0.3, 0.4) is 0 Å². The number of hydrogen-bond donors (Lipinski definition) is 0. The van der Waals surface area contributed by atoms with Crippen LogP contribution in [-0.4, -0.2) is 12.1 Å². The number of unbranched alkanes of at least 4 members (excludes halogenated alkanes) is 20. The second-order valence-corrected chi connectivity index (χ2v) is 9.75. The largest absolute Gasteiger partial charge is 0.299 e. The van der Waals surface area contributed by atoms with Gasteiger partial charge in [0.1, 0.15) is 5.78 Å². The van der Waals surface area contributed by atoms with Crippen molar-refractivity contribution >= 4 is 12.1 Å². The number of hydrogen-bond acceptors (Lipinski definition) is 2. The summed E-state index contributed by atoms with van der Waals surface area (Å²) in [6, 6.07) is 0. The standard InChI is InChI=1S/C29H55O2/c1-3-5-7-9-11-13-15-16-17-19-21-23-25-28(27-30)29(31)26-24-22-20-18-14-12-10-8-6-4-2/h28H,3-26H2,1-2H3. The van der Waals surface area contributed by atoms with Crippen molar-refractivity contribution in [1.29, 1.82) is 0 Å². The van der Waals surface area contributed by atoms with Crippen LogP contribution in [-0.2, 0) is 9.59 Å². The molecule has 0 bridgehead atoms. The summed E-state index contributed by atoms with van der Waals surface area (Å²) in [5.41, 5.74) is 0. The zero-order chi connectivity index (χ0) is 22.8. The Morgan fingerprint density at radius 2 is 0.839 bits per heavy atom. The third kappa shape index (κ3) is 22.3. The fourth-order valence-electron chi connectivity index (χ4n) is 4.44. The molecular weight excluding hydrogens is 380 g/mol. The molecule has 1 radical (unpaired) electrons. The van der Waals surface area contributed by atoms with Crippen molar-refractivity contribution in [3.8, 4) is 0 Å². The van der Waals surface area contributed by atoms with E-state index in [9.17, 15) is 9.59 Å². The summed E-state index contributed by atoms with van der Waals surface area (Å²) in [4.78, 5) is 23.5. The maximum atomic E-state index is 12.3. The van der Waals surface area contributed by atoms with Crippen LogP contribution in [0, 0.1) is 5.92 Å². The van der Waals surface area contributed by atoms with E-state index in [-0.39, 0.29) is 5.78 Å². The normalized spacial score (nSPS) is 12.2. The molecule has 0 heterocycles. The predicted molar refractivity (Wildman–Crippen MR) is 136 cm³/mol.